The highest BCUT2D eigenvalue weighted by molar-refractivity contribution is 5.91. The van der Waals surface area contributed by atoms with Crippen molar-refractivity contribution >= 4 is 11.7 Å². The zero-order chi connectivity index (χ0) is 15.1. The summed E-state index contributed by atoms with van der Waals surface area (Å²) in [6, 6.07) is 6.82. The molecule has 5 nitrogen and oxygen atoms in total. The van der Waals surface area contributed by atoms with E-state index in [1.165, 1.54) is 4.90 Å². The molecular formula is C15H24N2O3. The van der Waals surface area contributed by atoms with Crippen LogP contribution in [0.15, 0.2) is 24.3 Å². The maximum Gasteiger partial charge on any atom is 0.322 e. The van der Waals surface area contributed by atoms with Gasteiger partial charge in [-0.05, 0) is 25.0 Å². The number of aliphatic hydroxyl groups is 1. The molecule has 20 heavy (non-hydrogen) atoms. The van der Waals surface area contributed by atoms with Crippen LogP contribution in [-0.4, -0.2) is 42.3 Å². The van der Waals surface area contributed by atoms with Crippen LogP contribution >= 0.6 is 0 Å². The maximum atomic E-state index is 12.1. The average Bonchev–Trinajstić information content (AvgIpc) is 2.44. The molecule has 5 heteroatoms. The van der Waals surface area contributed by atoms with Gasteiger partial charge >= 0.3 is 6.03 Å². The number of aliphatic hydroxyl groups excluding tert-OH is 1. The number of likely N-dealkylation sites (N-methyl/N-ethyl adjacent to an activating group) is 1. The van der Waals surface area contributed by atoms with E-state index in [0.717, 1.165) is 0 Å². The number of carbonyl (C=O) groups excluding carboxylic acids is 1. The second-order valence-electron chi connectivity index (χ2n) is 5.27. The van der Waals surface area contributed by atoms with E-state index < -0.39 is 0 Å². The lowest BCUT2D eigenvalue weighted by Gasteiger charge is -2.24. The minimum Gasteiger partial charge on any atom is -0.491 e. The minimum atomic E-state index is -0.271. The van der Waals surface area contributed by atoms with Crippen LogP contribution in [-0.2, 0) is 0 Å². The number of nitrogens with one attached hydrogen (secondary N) is 1. The van der Waals surface area contributed by atoms with Crippen LogP contribution in [0.25, 0.3) is 0 Å². The van der Waals surface area contributed by atoms with Crippen molar-refractivity contribution in [1.29, 1.82) is 0 Å². The van der Waals surface area contributed by atoms with E-state index >= 15 is 0 Å². The van der Waals surface area contributed by atoms with Crippen LogP contribution in [0.2, 0.25) is 0 Å². The molecule has 112 valence electrons. The minimum absolute atomic E-state index is 0.0740. The molecule has 1 atom stereocenters. The third-order valence-electron chi connectivity index (χ3n) is 2.95. The van der Waals surface area contributed by atoms with E-state index in [-0.39, 0.29) is 18.7 Å². The molecule has 1 aromatic rings. The smallest absolute Gasteiger partial charge is 0.322 e. The summed E-state index contributed by atoms with van der Waals surface area (Å²) in [4.78, 5) is 13.5. The molecule has 0 aromatic heterocycles. The van der Waals surface area contributed by atoms with Crippen molar-refractivity contribution in [2.45, 2.75) is 26.8 Å². The summed E-state index contributed by atoms with van der Waals surface area (Å²) in [6.07, 6.45) is 0. The molecule has 0 aliphatic heterocycles. The molecule has 0 fully saturated rings. The highest BCUT2D eigenvalue weighted by Gasteiger charge is 2.16. The predicted octanol–water partition coefficient (Wildman–Crippen LogP) is 2.57. The highest BCUT2D eigenvalue weighted by atomic mass is 16.5. The lowest BCUT2D eigenvalue weighted by atomic mass is 10.2. The number of carbonyl (C=O) groups is 1. The van der Waals surface area contributed by atoms with Gasteiger partial charge in [0.15, 0.2) is 0 Å². The van der Waals surface area contributed by atoms with Crippen molar-refractivity contribution < 1.29 is 14.6 Å². The monoisotopic (exact) mass is 280 g/mol. The summed E-state index contributed by atoms with van der Waals surface area (Å²) in [5.41, 5.74) is 0.634. The fourth-order valence-corrected chi connectivity index (χ4v) is 1.48. The van der Waals surface area contributed by atoms with Crippen molar-refractivity contribution in [2.75, 3.05) is 25.6 Å². The molecule has 0 saturated heterocycles. The number of ether oxygens (including phenoxy) is 1. The second-order valence-corrected chi connectivity index (χ2v) is 5.27. The zero-order valence-corrected chi connectivity index (χ0v) is 12.6. The van der Waals surface area contributed by atoms with Crippen LogP contribution < -0.4 is 10.1 Å². The van der Waals surface area contributed by atoms with Gasteiger partial charge in [-0.25, -0.2) is 4.79 Å². The number of rotatable bonds is 6. The van der Waals surface area contributed by atoms with Crippen LogP contribution in [0.5, 0.6) is 5.75 Å². The van der Waals surface area contributed by atoms with Crippen molar-refractivity contribution in [1.82, 2.24) is 4.90 Å². The highest BCUT2D eigenvalue weighted by Crippen LogP contribution is 2.24. The number of urea groups is 1. The molecule has 2 N–H and O–H groups in total. The number of hydrogen-bond donors (Lipinski definition) is 2. The van der Waals surface area contributed by atoms with Crippen molar-refractivity contribution in [3.63, 3.8) is 0 Å². The normalized spacial score (nSPS) is 12.1. The summed E-state index contributed by atoms with van der Waals surface area (Å²) in [5.74, 6) is 1.07. The Balaban J connectivity index is 2.74. The number of amides is 2. The Hall–Kier alpha value is -1.75. The Kier molecular flexibility index (Phi) is 6.31. The molecule has 0 bridgehead atoms. The van der Waals surface area contributed by atoms with Crippen molar-refractivity contribution in [3.8, 4) is 5.75 Å². The molecule has 0 spiro atoms. The van der Waals surface area contributed by atoms with Crippen LogP contribution in [0, 0.1) is 5.92 Å². The molecule has 1 aromatic carbocycles. The van der Waals surface area contributed by atoms with Gasteiger partial charge < -0.3 is 20.1 Å². The number of hydrogen-bond acceptors (Lipinski definition) is 3. The largest absolute Gasteiger partial charge is 0.491 e. The summed E-state index contributed by atoms with van der Waals surface area (Å²) >= 11 is 0. The molecule has 0 heterocycles. The first-order chi connectivity index (χ1) is 9.45. The van der Waals surface area contributed by atoms with E-state index in [9.17, 15) is 4.79 Å². The molecule has 0 aliphatic carbocycles. The van der Waals surface area contributed by atoms with Gasteiger partial charge in [0.05, 0.1) is 24.9 Å². The van der Waals surface area contributed by atoms with Crippen LogP contribution in [0.3, 0.4) is 0 Å². The summed E-state index contributed by atoms with van der Waals surface area (Å²) in [7, 11) is 1.65. The molecule has 2 amide bonds. The van der Waals surface area contributed by atoms with Crippen molar-refractivity contribution in [2.24, 2.45) is 5.92 Å². The van der Waals surface area contributed by atoms with Gasteiger partial charge in [-0.1, -0.05) is 26.0 Å². The van der Waals surface area contributed by atoms with Gasteiger partial charge in [-0.3, -0.25) is 0 Å². The summed E-state index contributed by atoms with van der Waals surface area (Å²) in [5, 5.41) is 11.9. The Morgan fingerprint density at radius 1 is 1.35 bits per heavy atom. The molecular weight excluding hydrogens is 256 g/mol. The molecule has 0 radical (unpaired) electrons. The number of benzene rings is 1. The van der Waals surface area contributed by atoms with E-state index in [2.05, 4.69) is 19.2 Å². The van der Waals surface area contributed by atoms with Gasteiger partial charge in [0.1, 0.15) is 5.75 Å². The Labute approximate surface area is 120 Å². The first-order valence-electron chi connectivity index (χ1n) is 6.82. The molecule has 0 aliphatic rings. The van der Waals surface area contributed by atoms with E-state index in [1.807, 2.05) is 18.2 Å². The average molecular weight is 280 g/mol. The van der Waals surface area contributed by atoms with Gasteiger partial charge in [0.25, 0.3) is 0 Å². The lowest BCUT2D eigenvalue weighted by molar-refractivity contribution is 0.166. The lowest BCUT2D eigenvalue weighted by Crippen LogP contribution is -2.40. The van der Waals surface area contributed by atoms with Crippen LogP contribution in [0.1, 0.15) is 20.8 Å². The Morgan fingerprint density at radius 2 is 2.00 bits per heavy atom. The molecule has 0 saturated carbocycles. The summed E-state index contributed by atoms with van der Waals surface area (Å²) < 4.78 is 5.68. The third kappa shape index (κ3) is 4.74. The van der Waals surface area contributed by atoms with Crippen molar-refractivity contribution in [3.05, 3.63) is 24.3 Å². The molecule has 1 unspecified atom stereocenters. The first kappa shape index (κ1) is 16.3. The first-order valence-corrected chi connectivity index (χ1v) is 6.82. The quantitative estimate of drug-likeness (QED) is 0.842. The fourth-order valence-electron chi connectivity index (χ4n) is 1.48. The number of para-hydroxylation sites is 2. The maximum absolute atomic E-state index is 12.1. The standard InChI is InChI=1S/C15H24N2O3/c1-11(2)10-20-14-8-6-5-7-13(14)16-15(19)17(4)12(3)9-18/h5-8,11-12,18H,9-10H2,1-4H3,(H,16,19). The van der Waals surface area contributed by atoms with Crippen LogP contribution in [0.4, 0.5) is 10.5 Å². The topological polar surface area (TPSA) is 61.8 Å². The van der Waals surface area contributed by atoms with E-state index in [1.54, 1.807) is 20.0 Å². The summed E-state index contributed by atoms with van der Waals surface area (Å²) in [6.45, 7) is 6.43. The number of anilines is 1. The Bertz CT molecular complexity index is 435. The van der Waals surface area contributed by atoms with Gasteiger partial charge in [-0.2, -0.15) is 0 Å². The van der Waals surface area contributed by atoms with E-state index in [4.69, 9.17) is 9.84 Å². The fraction of sp³-hybridized carbons (Fsp3) is 0.533. The second kappa shape index (κ2) is 7.75. The van der Waals surface area contributed by atoms with E-state index in [0.29, 0.717) is 24.0 Å². The zero-order valence-electron chi connectivity index (χ0n) is 12.6. The predicted molar refractivity (Wildman–Crippen MR) is 80.1 cm³/mol. The van der Waals surface area contributed by atoms with Gasteiger partial charge in [-0.15, -0.1) is 0 Å². The van der Waals surface area contributed by atoms with Gasteiger partial charge in [0.2, 0.25) is 0 Å². The number of nitrogens with zero attached hydrogens (tertiary/aromatic N) is 1. The SMILES string of the molecule is CC(C)COc1ccccc1NC(=O)N(C)C(C)CO. The Morgan fingerprint density at radius 3 is 2.60 bits per heavy atom. The van der Waals surface area contributed by atoms with Gasteiger partial charge in [0, 0.05) is 7.05 Å². The molecule has 1 rings (SSSR count). The third-order valence-corrected chi connectivity index (χ3v) is 2.95.